The van der Waals surface area contributed by atoms with E-state index in [0.29, 0.717) is 0 Å². The first-order valence-corrected chi connectivity index (χ1v) is 9.78. The first-order valence-electron chi connectivity index (χ1n) is 4.27. The average Bonchev–Trinajstić information content (AvgIpc) is 2.06. The molecule has 0 atom stereocenters. The summed E-state index contributed by atoms with van der Waals surface area (Å²) in [7, 11) is -0.542. The second-order valence-corrected chi connectivity index (χ2v) is 12.2. The summed E-state index contributed by atoms with van der Waals surface area (Å²) in [6.07, 6.45) is 0.743. The van der Waals surface area contributed by atoms with E-state index in [2.05, 4.69) is 26.2 Å². The molecule has 5 heteroatoms. The van der Waals surface area contributed by atoms with Crippen molar-refractivity contribution in [3.63, 3.8) is 0 Å². The molecule has 0 aromatic heterocycles. The number of hydrogen-bond acceptors (Lipinski definition) is 3. The second kappa shape index (κ2) is 5.06. The molecule has 0 fully saturated rings. The van der Waals surface area contributed by atoms with Crippen molar-refractivity contribution in [2.45, 2.75) is 19.6 Å². The number of hydrogen-bond donors (Lipinski definition) is 0. The van der Waals surface area contributed by atoms with Crippen LogP contribution in [0.25, 0.3) is 0 Å². The first kappa shape index (κ1) is 13.1. The molecule has 0 aromatic rings. The van der Waals surface area contributed by atoms with Crippen LogP contribution in [0, 0.1) is 0 Å². The van der Waals surface area contributed by atoms with E-state index in [4.69, 9.17) is 13.3 Å². The van der Waals surface area contributed by atoms with Crippen molar-refractivity contribution < 1.29 is 13.3 Å². The zero-order valence-corrected chi connectivity index (χ0v) is 11.2. The summed E-state index contributed by atoms with van der Waals surface area (Å²) in [5.74, 6) is 0. The van der Waals surface area contributed by atoms with Crippen molar-refractivity contribution in [1.29, 1.82) is 0 Å². The van der Waals surface area contributed by atoms with Gasteiger partial charge < -0.3 is 13.3 Å². The zero-order valence-electron chi connectivity index (χ0n) is 9.22. The largest absolute Gasteiger partial charge is 0.528 e. The lowest BCUT2D eigenvalue weighted by Crippen LogP contribution is -2.46. The summed E-state index contributed by atoms with van der Waals surface area (Å²) >= 11 is 0. The van der Waals surface area contributed by atoms with Crippen molar-refractivity contribution in [3.8, 4) is 0 Å². The Hall–Kier alpha value is 0.0538. The molecule has 0 saturated heterocycles. The normalized spacial score (nSPS) is 13.0. The van der Waals surface area contributed by atoms with Crippen LogP contribution < -0.4 is 0 Å². The predicted molar refractivity (Wildman–Crippen MR) is 59.3 cm³/mol. The summed E-state index contributed by atoms with van der Waals surface area (Å²) in [5, 5.41) is 0. The van der Waals surface area contributed by atoms with Crippen LogP contribution in [-0.4, -0.2) is 37.3 Å². The molecular weight excluding hydrogens is 200 g/mol. The lowest BCUT2D eigenvalue weighted by molar-refractivity contribution is 0.129. The maximum Gasteiger partial charge on any atom is 0.528 e. The summed E-state index contributed by atoms with van der Waals surface area (Å²) in [6, 6.07) is 0. The lowest BCUT2D eigenvalue weighted by Gasteiger charge is -2.26. The molecule has 0 aliphatic heterocycles. The van der Waals surface area contributed by atoms with Crippen LogP contribution in [0.2, 0.25) is 19.6 Å². The van der Waals surface area contributed by atoms with E-state index in [0.717, 1.165) is 6.23 Å². The van der Waals surface area contributed by atoms with Gasteiger partial charge in [0.15, 0.2) is 0 Å². The van der Waals surface area contributed by atoms with Gasteiger partial charge in [-0.2, -0.15) is 0 Å². The van der Waals surface area contributed by atoms with Gasteiger partial charge in [0.2, 0.25) is 0 Å². The van der Waals surface area contributed by atoms with E-state index >= 15 is 0 Å². The van der Waals surface area contributed by atoms with Gasteiger partial charge in [0.25, 0.3) is 0 Å². The highest BCUT2D eigenvalue weighted by atomic mass is 28.4. The molecule has 0 saturated carbocycles. The van der Waals surface area contributed by atoms with E-state index < -0.39 is 16.9 Å². The molecule has 78 valence electrons. The van der Waals surface area contributed by atoms with Gasteiger partial charge in [-0.1, -0.05) is 26.2 Å². The molecule has 0 spiro atoms. The third-order valence-electron chi connectivity index (χ3n) is 1.53. The SMILES string of the molecule is C=C[Si](OC)(OC)OC[Si](C)(C)C. The quantitative estimate of drug-likeness (QED) is 0.639. The maximum absolute atomic E-state index is 5.68. The molecule has 0 N–H and O–H groups in total. The van der Waals surface area contributed by atoms with E-state index in [9.17, 15) is 0 Å². The van der Waals surface area contributed by atoms with E-state index in [1.807, 2.05) is 0 Å². The summed E-state index contributed by atoms with van der Waals surface area (Å²) in [5.41, 5.74) is 1.66. The van der Waals surface area contributed by atoms with Crippen molar-refractivity contribution in [2.24, 2.45) is 0 Å². The third kappa shape index (κ3) is 4.73. The van der Waals surface area contributed by atoms with E-state index in [-0.39, 0.29) is 0 Å². The highest BCUT2D eigenvalue weighted by Crippen LogP contribution is 2.11. The molecule has 0 radical (unpaired) electrons. The standard InChI is InChI=1S/C8H20O3Si2/c1-7-13(9-2,10-3)11-8-12(4,5)6/h7H,1,8H2,2-6H3. The minimum absolute atomic E-state index is 0.743. The Morgan fingerprint density at radius 1 is 1.15 bits per heavy atom. The molecule has 0 unspecified atom stereocenters. The predicted octanol–water partition coefficient (Wildman–Crippen LogP) is 1.84. The van der Waals surface area contributed by atoms with Gasteiger partial charge in [-0.05, 0) is 5.70 Å². The smallest absolute Gasteiger partial charge is 0.374 e. The van der Waals surface area contributed by atoms with E-state index in [1.165, 1.54) is 0 Å². The van der Waals surface area contributed by atoms with Crippen molar-refractivity contribution >= 4 is 16.9 Å². The van der Waals surface area contributed by atoms with Gasteiger partial charge in [-0.3, -0.25) is 0 Å². The first-order chi connectivity index (χ1) is 5.89. The minimum Gasteiger partial charge on any atom is -0.374 e. The highest BCUT2D eigenvalue weighted by molar-refractivity contribution is 6.77. The fraction of sp³-hybridized carbons (Fsp3) is 0.750. The van der Waals surface area contributed by atoms with Crippen molar-refractivity contribution in [3.05, 3.63) is 12.3 Å². The Balaban J connectivity index is 4.19. The minimum atomic E-state index is -2.53. The van der Waals surface area contributed by atoms with Gasteiger partial charge in [-0.15, -0.1) is 0 Å². The van der Waals surface area contributed by atoms with Crippen molar-refractivity contribution in [2.75, 3.05) is 20.4 Å². The molecule has 0 bridgehead atoms. The van der Waals surface area contributed by atoms with Crippen LogP contribution in [0.3, 0.4) is 0 Å². The molecule has 0 aromatic carbocycles. The molecule has 0 aliphatic rings. The Bertz CT molecular complexity index is 161. The van der Waals surface area contributed by atoms with Crippen LogP contribution in [0.4, 0.5) is 0 Å². The van der Waals surface area contributed by atoms with Crippen molar-refractivity contribution in [1.82, 2.24) is 0 Å². The second-order valence-electron chi connectivity index (χ2n) is 4.07. The van der Waals surface area contributed by atoms with Gasteiger partial charge in [0.05, 0.1) is 8.07 Å². The van der Waals surface area contributed by atoms with Gasteiger partial charge in [-0.25, -0.2) is 0 Å². The van der Waals surface area contributed by atoms with Crippen LogP contribution in [-0.2, 0) is 13.3 Å². The van der Waals surface area contributed by atoms with Gasteiger partial charge in [0.1, 0.15) is 0 Å². The lowest BCUT2D eigenvalue weighted by atomic mass is 11.3. The summed E-state index contributed by atoms with van der Waals surface area (Å²) < 4.78 is 16.1. The molecule has 3 nitrogen and oxygen atoms in total. The fourth-order valence-electron chi connectivity index (χ4n) is 0.744. The highest BCUT2D eigenvalue weighted by Gasteiger charge is 2.36. The summed E-state index contributed by atoms with van der Waals surface area (Å²) in [6.45, 7) is 10.4. The average molecular weight is 220 g/mol. The van der Waals surface area contributed by atoms with Gasteiger partial charge >= 0.3 is 8.80 Å². The molecular formula is C8H20O3Si2. The van der Waals surface area contributed by atoms with Crippen LogP contribution in [0.5, 0.6) is 0 Å². The van der Waals surface area contributed by atoms with E-state index in [1.54, 1.807) is 19.9 Å². The monoisotopic (exact) mass is 220 g/mol. The molecule has 0 rings (SSSR count). The molecule has 0 amide bonds. The van der Waals surface area contributed by atoms with Crippen LogP contribution in [0.1, 0.15) is 0 Å². The third-order valence-corrected chi connectivity index (χ3v) is 5.01. The Kier molecular flexibility index (Phi) is 5.09. The van der Waals surface area contributed by atoms with Crippen LogP contribution >= 0.6 is 0 Å². The summed E-state index contributed by atoms with van der Waals surface area (Å²) in [4.78, 5) is 0. The fourth-order valence-corrected chi connectivity index (χ4v) is 4.13. The molecule has 13 heavy (non-hydrogen) atoms. The van der Waals surface area contributed by atoms with Crippen LogP contribution in [0.15, 0.2) is 12.3 Å². The Labute approximate surface area is 83.1 Å². The molecule has 0 heterocycles. The molecule has 0 aliphatic carbocycles. The Morgan fingerprint density at radius 2 is 1.62 bits per heavy atom. The number of rotatable bonds is 6. The van der Waals surface area contributed by atoms with Gasteiger partial charge in [0, 0.05) is 20.4 Å². The maximum atomic E-state index is 5.68. The zero-order chi connectivity index (χ0) is 10.5. The Morgan fingerprint density at radius 3 is 1.85 bits per heavy atom. The topological polar surface area (TPSA) is 27.7 Å².